The number of methoxy groups -OCH3 is 1. The molecule has 162 valence electrons. The Labute approximate surface area is 189 Å². The summed E-state index contributed by atoms with van der Waals surface area (Å²) in [6.45, 7) is 3.27. The predicted octanol–water partition coefficient (Wildman–Crippen LogP) is 4.91. The van der Waals surface area contributed by atoms with Crippen LogP contribution in [0.15, 0.2) is 42.5 Å². The molecule has 1 aliphatic carbocycles. The Morgan fingerprint density at radius 2 is 1.78 bits per heavy atom. The fourth-order valence-electron chi connectivity index (χ4n) is 4.79. The Morgan fingerprint density at radius 3 is 2.44 bits per heavy atom. The van der Waals surface area contributed by atoms with E-state index < -0.39 is 5.41 Å². The van der Waals surface area contributed by atoms with Crippen LogP contribution >= 0.6 is 0 Å². The van der Waals surface area contributed by atoms with Crippen molar-refractivity contribution >= 4 is 10.9 Å². The van der Waals surface area contributed by atoms with E-state index in [1.165, 1.54) is 29.4 Å². The Bertz CT molecular complexity index is 1220. The van der Waals surface area contributed by atoms with Gasteiger partial charge in [0.05, 0.1) is 35.7 Å². The number of pyridine rings is 1. The second kappa shape index (κ2) is 8.99. The lowest BCUT2D eigenvalue weighted by Gasteiger charge is -2.29. The fourth-order valence-corrected chi connectivity index (χ4v) is 4.79. The summed E-state index contributed by atoms with van der Waals surface area (Å²) in [6, 6.07) is 18.6. The normalized spacial score (nSPS) is 14.9. The van der Waals surface area contributed by atoms with Crippen LogP contribution in [-0.2, 0) is 24.8 Å². The van der Waals surface area contributed by atoms with Gasteiger partial charge in [-0.25, -0.2) is 4.98 Å². The van der Waals surface area contributed by atoms with Crippen molar-refractivity contribution in [2.45, 2.75) is 44.6 Å². The van der Waals surface area contributed by atoms with Gasteiger partial charge in [-0.3, -0.25) is 0 Å². The first kappa shape index (κ1) is 21.8. The molecular formula is C27H28N4O. The number of nitrogens with zero attached hydrogens (tertiary/aromatic N) is 4. The van der Waals surface area contributed by atoms with Gasteiger partial charge in [0.25, 0.3) is 0 Å². The van der Waals surface area contributed by atoms with Gasteiger partial charge in [-0.1, -0.05) is 24.3 Å². The van der Waals surface area contributed by atoms with Crippen molar-refractivity contribution in [2.24, 2.45) is 0 Å². The molecule has 3 aromatic rings. The van der Waals surface area contributed by atoms with E-state index in [-0.39, 0.29) is 0 Å². The summed E-state index contributed by atoms with van der Waals surface area (Å²) in [6.07, 6.45) is 4.42. The molecule has 0 amide bonds. The number of fused-ring (bicyclic) bond motifs is 3. The van der Waals surface area contributed by atoms with Crippen molar-refractivity contribution in [1.29, 1.82) is 10.5 Å². The number of aryl methyl sites for hydroxylation is 1. The van der Waals surface area contributed by atoms with Crippen LogP contribution in [0.1, 0.15) is 47.6 Å². The summed E-state index contributed by atoms with van der Waals surface area (Å²) in [4.78, 5) is 6.96. The Balaban J connectivity index is 1.62. The largest absolute Gasteiger partial charge is 0.481 e. The van der Waals surface area contributed by atoms with Gasteiger partial charge in [-0.05, 0) is 74.5 Å². The van der Waals surface area contributed by atoms with Crippen molar-refractivity contribution in [3.63, 3.8) is 0 Å². The molecule has 1 atom stereocenters. The first-order valence-electron chi connectivity index (χ1n) is 11.1. The highest BCUT2D eigenvalue weighted by molar-refractivity contribution is 5.85. The molecule has 32 heavy (non-hydrogen) atoms. The standard InChI is InChI=1S/C27H28N4O/c1-27(17-29,18-31(2)16-20-10-8-19(15-28)9-11-20)21-12-13-23-22-6-4-5-7-24(22)26(32-3)30-25(23)14-21/h8-14H,4-7,16,18H2,1-3H3. The van der Waals surface area contributed by atoms with Crippen molar-refractivity contribution in [2.75, 3.05) is 20.7 Å². The van der Waals surface area contributed by atoms with E-state index in [4.69, 9.17) is 15.0 Å². The third kappa shape index (κ3) is 4.17. The van der Waals surface area contributed by atoms with Crippen LogP contribution in [0.2, 0.25) is 0 Å². The molecule has 0 radical (unpaired) electrons. The maximum Gasteiger partial charge on any atom is 0.217 e. The Morgan fingerprint density at radius 1 is 1.06 bits per heavy atom. The lowest BCUT2D eigenvalue weighted by atomic mass is 9.82. The molecule has 1 aliphatic rings. The van der Waals surface area contributed by atoms with Crippen LogP contribution < -0.4 is 4.74 Å². The molecule has 0 fully saturated rings. The van der Waals surface area contributed by atoms with Crippen LogP contribution in [0.25, 0.3) is 10.9 Å². The van der Waals surface area contributed by atoms with Gasteiger partial charge in [0.1, 0.15) is 0 Å². The van der Waals surface area contributed by atoms with Gasteiger partial charge >= 0.3 is 0 Å². The zero-order valence-electron chi connectivity index (χ0n) is 19.0. The van der Waals surface area contributed by atoms with Crippen LogP contribution in [0, 0.1) is 22.7 Å². The van der Waals surface area contributed by atoms with E-state index in [9.17, 15) is 5.26 Å². The van der Waals surface area contributed by atoms with E-state index in [2.05, 4.69) is 35.2 Å². The highest BCUT2D eigenvalue weighted by atomic mass is 16.5. The minimum atomic E-state index is -0.680. The number of hydrogen-bond donors (Lipinski definition) is 0. The van der Waals surface area contributed by atoms with Crippen molar-refractivity contribution in [3.8, 4) is 18.0 Å². The summed E-state index contributed by atoms with van der Waals surface area (Å²) in [7, 11) is 3.71. The number of aromatic nitrogens is 1. The summed E-state index contributed by atoms with van der Waals surface area (Å²) in [5.41, 5.74) is 5.54. The van der Waals surface area contributed by atoms with Gasteiger partial charge in [0, 0.05) is 24.0 Å². The van der Waals surface area contributed by atoms with Gasteiger partial charge in [0.2, 0.25) is 5.88 Å². The van der Waals surface area contributed by atoms with Crippen LogP contribution in [0.5, 0.6) is 5.88 Å². The predicted molar refractivity (Wildman–Crippen MR) is 125 cm³/mol. The minimum Gasteiger partial charge on any atom is -0.481 e. The molecule has 2 aromatic carbocycles. The number of benzene rings is 2. The molecule has 0 aliphatic heterocycles. The molecule has 1 aromatic heterocycles. The molecule has 5 heteroatoms. The van der Waals surface area contributed by atoms with Gasteiger partial charge < -0.3 is 9.64 Å². The monoisotopic (exact) mass is 424 g/mol. The summed E-state index contributed by atoms with van der Waals surface area (Å²) in [5.74, 6) is 0.723. The molecular weight excluding hydrogens is 396 g/mol. The average molecular weight is 425 g/mol. The molecule has 0 saturated heterocycles. The molecule has 0 saturated carbocycles. The van der Waals surface area contributed by atoms with E-state index >= 15 is 0 Å². The lowest BCUT2D eigenvalue weighted by Crippen LogP contribution is -2.35. The van der Waals surface area contributed by atoms with E-state index in [0.717, 1.165) is 35.4 Å². The van der Waals surface area contributed by atoms with Gasteiger partial charge in [-0.15, -0.1) is 0 Å². The van der Waals surface area contributed by atoms with Crippen LogP contribution in [0.3, 0.4) is 0 Å². The van der Waals surface area contributed by atoms with Crippen LogP contribution in [-0.4, -0.2) is 30.6 Å². The molecule has 1 unspecified atom stereocenters. The zero-order chi connectivity index (χ0) is 22.7. The molecule has 0 bridgehead atoms. The third-order valence-electron chi connectivity index (χ3n) is 6.47. The minimum absolute atomic E-state index is 0.580. The molecule has 1 heterocycles. The topological polar surface area (TPSA) is 72.9 Å². The highest BCUT2D eigenvalue weighted by Crippen LogP contribution is 2.36. The van der Waals surface area contributed by atoms with Crippen LogP contribution in [0.4, 0.5) is 0 Å². The SMILES string of the molecule is COc1nc2cc(C(C)(C#N)CN(C)Cc3ccc(C#N)cc3)ccc2c2c1CCCC2. The van der Waals surface area contributed by atoms with Gasteiger partial charge in [0.15, 0.2) is 0 Å². The summed E-state index contributed by atoms with van der Waals surface area (Å²) in [5, 5.41) is 20.3. The van der Waals surface area contributed by atoms with Gasteiger partial charge in [-0.2, -0.15) is 10.5 Å². The molecule has 0 spiro atoms. The number of hydrogen-bond acceptors (Lipinski definition) is 5. The summed E-state index contributed by atoms with van der Waals surface area (Å²) < 4.78 is 5.62. The molecule has 5 nitrogen and oxygen atoms in total. The lowest BCUT2D eigenvalue weighted by molar-refractivity contribution is 0.281. The van der Waals surface area contributed by atoms with Crippen molar-refractivity contribution in [3.05, 3.63) is 70.3 Å². The molecule has 0 N–H and O–H groups in total. The fraction of sp³-hybridized carbons (Fsp3) is 0.370. The number of rotatable bonds is 6. The van der Waals surface area contributed by atoms with E-state index in [1.807, 2.05) is 38.2 Å². The number of nitriles is 2. The zero-order valence-corrected chi connectivity index (χ0v) is 19.0. The first-order valence-corrected chi connectivity index (χ1v) is 11.1. The van der Waals surface area contributed by atoms with E-state index in [1.54, 1.807) is 7.11 Å². The quantitative estimate of drug-likeness (QED) is 0.562. The summed E-state index contributed by atoms with van der Waals surface area (Å²) >= 11 is 0. The first-order chi connectivity index (χ1) is 15.5. The smallest absolute Gasteiger partial charge is 0.217 e. The third-order valence-corrected chi connectivity index (χ3v) is 6.47. The average Bonchev–Trinajstić information content (AvgIpc) is 2.83. The number of ether oxygens (including phenoxy) is 1. The second-order valence-electron chi connectivity index (χ2n) is 8.94. The van der Waals surface area contributed by atoms with Crippen molar-refractivity contribution in [1.82, 2.24) is 9.88 Å². The van der Waals surface area contributed by atoms with Crippen molar-refractivity contribution < 1.29 is 4.74 Å². The maximum absolute atomic E-state index is 10.1. The highest BCUT2D eigenvalue weighted by Gasteiger charge is 2.29. The van der Waals surface area contributed by atoms with E-state index in [0.29, 0.717) is 18.7 Å². The second-order valence-corrected chi connectivity index (χ2v) is 8.94. The number of likely N-dealkylation sites (N-methyl/N-ethyl adjacent to an activating group) is 1. The Kier molecular flexibility index (Phi) is 6.12. The Hall–Kier alpha value is -3.41. The molecule has 4 rings (SSSR count). The maximum atomic E-state index is 10.1.